The molecule has 1 aromatic heterocycles. The number of aromatic nitrogens is 2. The topological polar surface area (TPSA) is 118 Å². The van der Waals surface area contributed by atoms with Crippen molar-refractivity contribution in [3.8, 4) is 11.3 Å². The second-order valence-corrected chi connectivity index (χ2v) is 8.52. The molecule has 0 saturated heterocycles. The number of alkyl halides is 1. The van der Waals surface area contributed by atoms with Crippen molar-refractivity contribution in [3.63, 3.8) is 0 Å². The molecule has 10 heteroatoms. The molecule has 1 aliphatic rings. The van der Waals surface area contributed by atoms with Crippen LogP contribution in [0.15, 0.2) is 24.4 Å². The molecule has 0 spiro atoms. The lowest BCUT2D eigenvalue weighted by molar-refractivity contribution is -0.125. The SMILES string of the molecule is CC(C)(C)OC(=O)Nc1ncc(C2CCC(=O)C(F)C2)nc1-c1ccc(C(=O)O)c(F)c1. The zero-order chi connectivity index (χ0) is 23.6. The van der Waals surface area contributed by atoms with Gasteiger partial charge in [0.2, 0.25) is 0 Å². The Morgan fingerprint density at radius 3 is 2.59 bits per heavy atom. The van der Waals surface area contributed by atoms with E-state index >= 15 is 0 Å². The molecule has 2 aromatic rings. The number of carbonyl (C=O) groups excluding carboxylic acids is 2. The molecule has 0 radical (unpaired) electrons. The third-order valence-corrected chi connectivity index (χ3v) is 4.88. The Kier molecular flexibility index (Phi) is 6.52. The van der Waals surface area contributed by atoms with E-state index in [0.717, 1.165) is 12.1 Å². The smallest absolute Gasteiger partial charge is 0.413 e. The Hall–Kier alpha value is -3.43. The zero-order valence-electron chi connectivity index (χ0n) is 17.8. The predicted molar refractivity (Wildman–Crippen MR) is 111 cm³/mol. The van der Waals surface area contributed by atoms with Crippen LogP contribution in [0.1, 0.15) is 62.0 Å². The van der Waals surface area contributed by atoms with E-state index in [1.165, 1.54) is 12.3 Å². The molecular weight excluding hydrogens is 424 g/mol. The van der Waals surface area contributed by atoms with E-state index in [1.54, 1.807) is 20.8 Å². The summed E-state index contributed by atoms with van der Waals surface area (Å²) in [5.74, 6) is -3.29. The summed E-state index contributed by atoms with van der Waals surface area (Å²) in [7, 11) is 0. The minimum absolute atomic E-state index is 0.0332. The highest BCUT2D eigenvalue weighted by molar-refractivity contribution is 5.91. The molecule has 32 heavy (non-hydrogen) atoms. The number of aromatic carboxylic acids is 1. The number of carboxylic acids is 1. The first kappa shape index (κ1) is 23.2. The molecule has 2 unspecified atom stereocenters. The van der Waals surface area contributed by atoms with E-state index < -0.39 is 41.0 Å². The summed E-state index contributed by atoms with van der Waals surface area (Å²) >= 11 is 0. The molecular formula is C22H23F2N3O5. The van der Waals surface area contributed by atoms with Crippen LogP contribution in [0.25, 0.3) is 11.3 Å². The molecule has 0 bridgehead atoms. The summed E-state index contributed by atoms with van der Waals surface area (Å²) in [4.78, 5) is 43.6. The van der Waals surface area contributed by atoms with E-state index in [2.05, 4.69) is 15.3 Å². The number of ether oxygens (including phenoxy) is 1. The van der Waals surface area contributed by atoms with Crippen LogP contribution >= 0.6 is 0 Å². The summed E-state index contributed by atoms with van der Waals surface area (Å²) in [6.45, 7) is 5.04. The van der Waals surface area contributed by atoms with Gasteiger partial charge in [-0.1, -0.05) is 6.07 Å². The Balaban J connectivity index is 2.01. The number of ketones is 1. The fourth-order valence-corrected chi connectivity index (χ4v) is 3.37. The normalized spacial score (nSPS) is 18.8. The van der Waals surface area contributed by atoms with Crippen LogP contribution < -0.4 is 5.32 Å². The fraction of sp³-hybridized carbons (Fsp3) is 0.409. The first-order valence-electron chi connectivity index (χ1n) is 10.0. The van der Waals surface area contributed by atoms with Gasteiger partial charge in [-0.15, -0.1) is 0 Å². The van der Waals surface area contributed by atoms with Crippen molar-refractivity contribution in [2.45, 2.75) is 57.7 Å². The lowest BCUT2D eigenvalue weighted by atomic mass is 9.85. The lowest BCUT2D eigenvalue weighted by Gasteiger charge is -2.24. The van der Waals surface area contributed by atoms with E-state index in [9.17, 15) is 23.2 Å². The van der Waals surface area contributed by atoms with Crippen molar-refractivity contribution in [1.29, 1.82) is 0 Å². The van der Waals surface area contributed by atoms with E-state index in [4.69, 9.17) is 9.84 Å². The van der Waals surface area contributed by atoms with Crippen LogP contribution in [0.3, 0.4) is 0 Å². The number of amides is 1. The minimum Gasteiger partial charge on any atom is -0.478 e. The number of anilines is 1. The van der Waals surface area contributed by atoms with Crippen LogP contribution in [-0.4, -0.2) is 44.7 Å². The quantitative estimate of drug-likeness (QED) is 0.708. The van der Waals surface area contributed by atoms with Crippen molar-refractivity contribution in [2.75, 3.05) is 5.32 Å². The first-order valence-corrected chi connectivity index (χ1v) is 10.0. The highest BCUT2D eigenvalue weighted by atomic mass is 19.1. The third kappa shape index (κ3) is 5.43. The van der Waals surface area contributed by atoms with Gasteiger partial charge in [0.25, 0.3) is 0 Å². The minimum atomic E-state index is -1.59. The van der Waals surface area contributed by atoms with Crippen molar-refractivity contribution in [1.82, 2.24) is 9.97 Å². The lowest BCUT2D eigenvalue weighted by Crippen LogP contribution is -2.28. The average Bonchev–Trinajstić information content (AvgIpc) is 2.68. The number of carbonyl (C=O) groups is 3. The number of nitrogens with one attached hydrogen (secondary N) is 1. The maximum absolute atomic E-state index is 14.3. The molecule has 8 nitrogen and oxygen atoms in total. The highest BCUT2D eigenvalue weighted by Gasteiger charge is 2.31. The molecule has 1 saturated carbocycles. The number of benzene rings is 1. The van der Waals surface area contributed by atoms with Crippen molar-refractivity contribution < 1.29 is 33.0 Å². The van der Waals surface area contributed by atoms with Gasteiger partial charge in [0.15, 0.2) is 17.8 Å². The van der Waals surface area contributed by atoms with Gasteiger partial charge in [-0.2, -0.15) is 0 Å². The Morgan fingerprint density at radius 1 is 1.28 bits per heavy atom. The van der Waals surface area contributed by atoms with Gasteiger partial charge in [0.05, 0.1) is 17.5 Å². The largest absolute Gasteiger partial charge is 0.478 e. The first-order chi connectivity index (χ1) is 14.9. The highest BCUT2D eigenvalue weighted by Crippen LogP contribution is 2.34. The Labute approximate surface area is 183 Å². The van der Waals surface area contributed by atoms with Gasteiger partial charge < -0.3 is 9.84 Å². The number of nitrogens with zero attached hydrogens (tertiary/aromatic N) is 2. The van der Waals surface area contributed by atoms with Crippen molar-refractivity contribution >= 4 is 23.7 Å². The summed E-state index contributed by atoms with van der Waals surface area (Å²) in [6.07, 6.45) is -0.619. The third-order valence-electron chi connectivity index (χ3n) is 4.88. The van der Waals surface area contributed by atoms with Crippen LogP contribution in [0.5, 0.6) is 0 Å². The molecule has 1 heterocycles. The maximum atomic E-state index is 14.3. The Morgan fingerprint density at radius 2 is 2.00 bits per heavy atom. The van der Waals surface area contributed by atoms with E-state index in [0.29, 0.717) is 12.1 Å². The molecule has 3 rings (SSSR count). The number of hydrogen-bond donors (Lipinski definition) is 2. The summed E-state index contributed by atoms with van der Waals surface area (Å²) in [6, 6.07) is 3.39. The standard InChI is InChI=1S/C22H23F2N3O5/c1-22(2,3)32-21(31)27-19-18(12-4-6-13(20(29)30)14(23)9-12)26-16(10-25-19)11-5-7-17(28)15(24)8-11/h4,6,9-11,15H,5,7-8H2,1-3H3,(H,29,30)(H,25,27,31). The monoisotopic (exact) mass is 447 g/mol. The maximum Gasteiger partial charge on any atom is 0.413 e. The molecule has 0 aliphatic heterocycles. The molecule has 2 N–H and O–H groups in total. The van der Waals surface area contributed by atoms with Crippen LogP contribution in [-0.2, 0) is 9.53 Å². The zero-order valence-corrected chi connectivity index (χ0v) is 17.8. The molecule has 2 atom stereocenters. The Bertz CT molecular complexity index is 1070. The second kappa shape index (κ2) is 8.97. The van der Waals surface area contributed by atoms with E-state index in [-0.39, 0.29) is 35.8 Å². The number of hydrogen-bond acceptors (Lipinski definition) is 6. The van der Waals surface area contributed by atoms with E-state index in [1.807, 2.05) is 0 Å². The second-order valence-electron chi connectivity index (χ2n) is 8.52. The van der Waals surface area contributed by atoms with Gasteiger partial charge >= 0.3 is 12.1 Å². The summed E-state index contributed by atoms with van der Waals surface area (Å²) in [5, 5.41) is 11.5. The average molecular weight is 447 g/mol. The molecule has 1 aliphatic carbocycles. The van der Waals surface area contributed by atoms with Crippen molar-refractivity contribution in [2.24, 2.45) is 0 Å². The summed E-state index contributed by atoms with van der Waals surface area (Å²) < 4.78 is 33.5. The van der Waals surface area contributed by atoms with Gasteiger partial charge in [-0.25, -0.2) is 28.3 Å². The van der Waals surface area contributed by atoms with Gasteiger partial charge in [-0.05, 0) is 45.7 Å². The van der Waals surface area contributed by atoms with Gasteiger partial charge in [0.1, 0.15) is 17.1 Å². The predicted octanol–water partition coefficient (Wildman–Crippen LogP) is 4.50. The number of Topliss-reactive ketones (excluding diaryl/α,β-unsaturated/α-hetero) is 1. The van der Waals surface area contributed by atoms with Crippen LogP contribution in [0.4, 0.5) is 19.4 Å². The molecule has 170 valence electrons. The molecule has 1 amide bonds. The van der Waals surface area contributed by atoms with Crippen LogP contribution in [0, 0.1) is 5.82 Å². The molecule has 1 fully saturated rings. The van der Waals surface area contributed by atoms with Crippen LogP contribution in [0.2, 0.25) is 0 Å². The number of carboxylic acid groups (broad SMARTS) is 1. The van der Waals surface area contributed by atoms with Gasteiger partial charge in [-0.3, -0.25) is 10.1 Å². The summed E-state index contributed by atoms with van der Waals surface area (Å²) in [5.41, 5.74) is -0.691. The number of rotatable bonds is 4. The number of halogens is 2. The van der Waals surface area contributed by atoms with Gasteiger partial charge in [0, 0.05) is 17.9 Å². The molecule has 1 aromatic carbocycles. The fourth-order valence-electron chi connectivity index (χ4n) is 3.37. The van der Waals surface area contributed by atoms with Crippen molar-refractivity contribution in [3.05, 3.63) is 41.5 Å².